The van der Waals surface area contributed by atoms with E-state index in [2.05, 4.69) is 12.2 Å². The number of carbonyl (C=O) groups excluding carboxylic acids is 1. The molecule has 2 aromatic rings. The molecule has 1 aromatic carbocycles. The zero-order chi connectivity index (χ0) is 16.1. The van der Waals surface area contributed by atoms with E-state index in [1.807, 2.05) is 19.9 Å². The fourth-order valence-corrected chi connectivity index (χ4v) is 2.37. The Balaban J connectivity index is 2.03. The third-order valence-electron chi connectivity index (χ3n) is 3.42. The molecule has 5 heteroatoms. The van der Waals surface area contributed by atoms with E-state index >= 15 is 0 Å². The quantitative estimate of drug-likeness (QED) is 0.833. The maximum Gasteiger partial charge on any atom is 0.336 e. The van der Waals surface area contributed by atoms with Crippen molar-refractivity contribution in [3.8, 4) is 5.75 Å². The second kappa shape index (κ2) is 7.11. The van der Waals surface area contributed by atoms with Gasteiger partial charge in [-0.3, -0.25) is 4.79 Å². The van der Waals surface area contributed by atoms with E-state index in [9.17, 15) is 9.59 Å². The Kier molecular flexibility index (Phi) is 5.20. The van der Waals surface area contributed by atoms with Crippen LogP contribution in [0.15, 0.2) is 33.5 Å². The lowest BCUT2D eigenvalue weighted by molar-refractivity contribution is -0.123. The van der Waals surface area contributed by atoms with Gasteiger partial charge in [0.25, 0.3) is 5.91 Å². The zero-order valence-corrected chi connectivity index (χ0v) is 13.1. The first kappa shape index (κ1) is 16.1. The number of ether oxygens (including phenoxy) is 1. The van der Waals surface area contributed by atoms with Gasteiger partial charge in [-0.2, -0.15) is 0 Å². The van der Waals surface area contributed by atoms with Crippen LogP contribution < -0.4 is 15.7 Å². The van der Waals surface area contributed by atoms with Crippen LogP contribution in [-0.2, 0) is 4.79 Å². The molecule has 0 fully saturated rings. The molecule has 0 saturated heterocycles. The number of fused-ring (bicyclic) bond motifs is 1. The van der Waals surface area contributed by atoms with Crippen LogP contribution in [0.5, 0.6) is 5.75 Å². The minimum Gasteiger partial charge on any atom is -0.484 e. The molecular weight excluding hydrogens is 282 g/mol. The van der Waals surface area contributed by atoms with Gasteiger partial charge in [0, 0.05) is 23.6 Å². The van der Waals surface area contributed by atoms with Gasteiger partial charge in [0.05, 0.1) is 0 Å². The van der Waals surface area contributed by atoms with E-state index < -0.39 is 5.63 Å². The second-order valence-corrected chi connectivity index (χ2v) is 5.45. The maximum absolute atomic E-state index is 11.8. The van der Waals surface area contributed by atoms with Gasteiger partial charge in [-0.05, 0) is 38.0 Å². The maximum atomic E-state index is 11.8. The molecule has 0 saturated carbocycles. The summed E-state index contributed by atoms with van der Waals surface area (Å²) in [6, 6.07) is 6.80. The average molecular weight is 303 g/mol. The molecule has 0 unspecified atom stereocenters. The summed E-state index contributed by atoms with van der Waals surface area (Å²) < 4.78 is 10.6. The molecule has 1 heterocycles. The molecule has 0 aliphatic carbocycles. The monoisotopic (exact) mass is 303 g/mol. The Morgan fingerprint density at radius 3 is 2.86 bits per heavy atom. The number of amides is 1. The van der Waals surface area contributed by atoms with Crippen molar-refractivity contribution in [2.45, 2.75) is 39.7 Å². The summed E-state index contributed by atoms with van der Waals surface area (Å²) in [6.45, 7) is 5.83. The Labute approximate surface area is 129 Å². The van der Waals surface area contributed by atoms with Gasteiger partial charge in [0.2, 0.25) is 0 Å². The molecule has 2 rings (SSSR count). The highest BCUT2D eigenvalue weighted by atomic mass is 16.5. The van der Waals surface area contributed by atoms with Crippen molar-refractivity contribution >= 4 is 16.9 Å². The van der Waals surface area contributed by atoms with Gasteiger partial charge in [-0.25, -0.2) is 4.79 Å². The van der Waals surface area contributed by atoms with Crippen LogP contribution in [0.3, 0.4) is 0 Å². The number of aryl methyl sites for hydroxylation is 1. The van der Waals surface area contributed by atoms with Gasteiger partial charge in [-0.1, -0.05) is 13.3 Å². The van der Waals surface area contributed by atoms with Crippen LogP contribution in [0.25, 0.3) is 11.0 Å². The number of benzene rings is 1. The van der Waals surface area contributed by atoms with Crippen LogP contribution in [-0.4, -0.2) is 18.6 Å². The Bertz CT molecular complexity index is 720. The third kappa shape index (κ3) is 4.10. The van der Waals surface area contributed by atoms with Crippen molar-refractivity contribution in [3.05, 3.63) is 40.2 Å². The molecule has 0 bridgehead atoms. The lowest BCUT2D eigenvalue weighted by Crippen LogP contribution is -2.35. The number of hydrogen-bond acceptors (Lipinski definition) is 4. The van der Waals surface area contributed by atoms with Crippen LogP contribution in [0.4, 0.5) is 0 Å². The first-order valence-corrected chi connectivity index (χ1v) is 7.46. The first-order valence-electron chi connectivity index (χ1n) is 7.46. The third-order valence-corrected chi connectivity index (χ3v) is 3.42. The molecule has 1 aromatic heterocycles. The summed E-state index contributed by atoms with van der Waals surface area (Å²) in [6.07, 6.45) is 1.96. The predicted molar refractivity (Wildman–Crippen MR) is 85.2 cm³/mol. The molecule has 0 aliphatic heterocycles. The highest BCUT2D eigenvalue weighted by Gasteiger charge is 2.08. The van der Waals surface area contributed by atoms with Gasteiger partial charge in [-0.15, -0.1) is 0 Å². The molecule has 1 amide bonds. The first-order chi connectivity index (χ1) is 10.5. The Morgan fingerprint density at radius 2 is 2.14 bits per heavy atom. The van der Waals surface area contributed by atoms with Crippen molar-refractivity contribution in [2.75, 3.05) is 6.61 Å². The van der Waals surface area contributed by atoms with E-state index in [-0.39, 0.29) is 18.6 Å². The standard InChI is InChI=1S/C17H21NO4/c1-4-5-12(3)18-16(19)10-21-13-6-7-14-11(2)8-17(20)22-15(14)9-13/h6-9,12H,4-5,10H2,1-3H3,(H,18,19)/t12-/m1/s1. The summed E-state index contributed by atoms with van der Waals surface area (Å²) in [4.78, 5) is 23.2. The molecule has 5 nitrogen and oxygen atoms in total. The summed E-state index contributed by atoms with van der Waals surface area (Å²) in [5.74, 6) is 0.339. The van der Waals surface area contributed by atoms with E-state index in [0.29, 0.717) is 11.3 Å². The summed E-state index contributed by atoms with van der Waals surface area (Å²) in [5, 5.41) is 3.72. The van der Waals surface area contributed by atoms with Crippen molar-refractivity contribution in [2.24, 2.45) is 0 Å². The Hall–Kier alpha value is -2.30. The molecule has 22 heavy (non-hydrogen) atoms. The van der Waals surface area contributed by atoms with E-state index in [4.69, 9.17) is 9.15 Å². The van der Waals surface area contributed by atoms with E-state index in [0.717, 1.165) is 23.8 Å². The average Bonchev–Trinajstić information content (AvgIpc) is 2.44. The smallest absolute Gasteiger partial charge is 0.336 e. The molecule has 0 spiro atoms. The minimum atomic E-state index is -0.395. The highest BCUT2D eigenvalue weighted by molar-refractivity contribution is 5.81. The van der Waals surface area contributed by atoms with Crippen molar-refractivity contribution < 1.29 is 13.9 Å². The molecular formula is C17H21NO4. The highest BCUT2D eigenvalue weighted by Crippen LogP contribution is 2.22. The topological polar surface area (TPSA) is 68.5 Å². The predicted octanol–water partition coefficient (Wildman–Crippen LogP) is 2.79. The second-order valence-electron chi connectivity index (χ2n) is 5.45. The Morgan fingerprint density at radius 1 is 1.36 bits per heavy atom. The van der Waals surface area contributed by atoms with Crippen LogP contribution >= 0.6 is 0 Å². The molecule has 1 N–H and O–H groups in total. The van der Waals surface area contributed by atoms with Crippen LogP contribution in [0.1, 0.15) is 32.3 Å². The lowest BCUT2D eigenvalue weighted by atomic mass is 10.1. The number of rotatable bonds is 6. The number of nitrogens with one attached hydrogen (secondary N) is 1. The van der Waals surface area contributed by atoms with E-state index in [1.54, 1.807) is 12.1 Å². The summed E-state index contributed by atoms with van der Waals surface area (Å²) >= 11 is 0. The number of hydrogen-bond donors (Lipinski definition) is 1. The van der Waals surface area contributed by atoms with Crippen LogP contribution in [0, 0.1) is 6.92 Å². The zero-order valence-electron chi connectivity index (χ0n) is 13.1. The van der Waals surface area contributed by atoms with Gasteiger partial charge in [0.15, 0.2) is 6.61 Å². The lowest BCUT2D eigenvalue weighted by Gasteiger charge is -2.13. The summed E-state index contributed by atoms with van der Waals surface area (Å²) in [7, 11) is 0. The van der Waals surface area contributed by atoms with Crippen LogP contribution in [0.2, 0.25) is 0 Å². The van der Waals surface area contributed by atoms with Crippen molar-refractivity contribution in [3.63, 3.8) is 0 Å². The normalized spacial score (nSPS) is 12.1. The van der Waals surface area contributed by atoms with E-state index in [1.165, 1.54) is 6.07 Å². The fraction of sp³-hybridized carbons (Fsp3) is 0.412. The van der Waals surface area contributed by atoms with Gasteiger partial charge >= 0.3 is 5.63 Å². The molecule has 118 valence electrons. The molecule has 0 radical (unpaired) electrons. The fourth-order valence-electron chi connectivity index (χ4n) is 2.37. The SMILES string of the molecule is CCC[C@@H](C)NC(=O)COc1ccc2c(C)cc(=O)oc2c1. The van der Waals surface area contributed by atoms with Gasteiger partial charge in [0.1, 0.15) is 11.3 Å². The van der Waals surface area contributed by atoms with Gasteiger partial charge < -0.3 is 14.5 Å². The molecule has 0 aliphatic rings. The van der Waals surface area contributed by atoms with Crippen molar-refractivity contribution in [1.82, 2.24) is 5.32 Å². The van der Waals surface area contributed by atoms with Crippen molar-refractivity contribution in [1.29, 1.82) is 0 Å². The minimum absolute atomic E-state index is 0.0599. The largest absolute Gasteiger partial charge is 0.484 e. The summed E-state index contributed by atoms with van der Waals surface area (Å²) in [5.41, 5.74) is 0.916. The molecule has 1 atom stereocenters. The number of carbonyl (C=O) groups is 1.